The third kappa shape index (κ3) is 2.71. The molecule has 0 bridgehead atoms. The lowest BCUT2D eigenvalue weighted by atomic mass is 10.1. The van der Waals surface area contributed by atoms with Crippen LogP contribution in [0.3, 0.4) is 0 Å². The van der Waals surface area contributed by atoms with Gasteiger partial charge in [-0.05, 0) is 57.4 Å². The third-order valence-corrected chi connectivity index (χ3v) is 5.36. The number of hydrogen-bond acceptors (Lipinski definition) is 5. The molecular formula is C16H22N4S. The van der Waals surface area contributed by atoms with Crippen LogP contribution in [-0.4, -0.2) is 22.6 Å². The molecule has 0 spiro atoms. The van der Waals surface area contributed by atoms with Crippen molar-refractivity contribution in [3.63, 3.8) is 0 Å². The highest BCUT2D eigenvalue weighted by molar-refractivity contribution is 7.18. The molecule has 2 aromatic rings. The summed E-state index contributed by atoms with van der Waals surface area (Å²) in [7, 11) is 0. The van der Waals surface area contributed by atoms with Crippen LogP contribution in [-0.2, 0) is 0 Å². The standard InChI is InChI=1S/C16H22N4S/c1-3-17-16-19-14(12-8-9(2)21-15(12)20-16)18-13(10-4-5-10)11-6-7-11/h8,10-11,13H,3-7H2,1-2H3,(H2,17,18,19,20). The van der Waals surface area contributed by atoms with Crippen LogP contribution in [0.1, 0.15) is 37.5 Å². The van der Waals surface area contributed by atoms with Crippen LogP contribution in [0.5, 0.6) is 0 Å². The molecule has 2 N–H and O–H groups in total. The number of nitrogens with zero attached hydrogens (tertiary/aromatic N) is 2. The SMILES string of the molecule is CCNc1nc(NC(C2CC2)C2CC2)c2cc(C)sc2n1. The number of hydrogen-bond donors (Lipinski definition) is 2. The van der Waals surface area contributed by atoms with Gasteiger partial charge in [0.1, 0.15) is 10.6 Å². The van der Waals surface area contributed by atoms with Gasteiger partial charge in [0.25, 0.3) is 0 Å². The number of anilines is 2. The summed E-state index contributed by atoms with van der Waals surface area (Å²) < 4.78 is 0. The highest BCUT2D eigenvalue weighted by Crippen LogP contribution is 2.46. The van der Waals surface area contributed by atoms with E-state index < -0.39 is 0 Å². The first-order valence-electron chi connectivity index (χ1n) is 8.03. The topological polar surface area (TPSA) is 49.8 Å². The molecule has 2 aliphatic rings. The van der Waals surface area contributed by atoms with Crippen molar-refractivity contribution in [3.05, 3.63) is 10.9 Å². The van der Waals surface area contributed by atoms with Crippen molar-refractivity contribution in [1.82, 2.24) is 9.97 Å². The van der Waals surface area contributed by atoms with Gasteiger partial charge in [0, 0.05) is 17.5 Å². The molecule has 4 nitrogen and oxygen atoms in total. The average molecular weight is 302 g/mol. The van der Waals surface area contributed by atoms with E-state index in [1.165, 1.54) is 35.9 Å². The smallest absolute Gasteiger partial charge is 0.226 e. The summed E-state index contributed by atoms with van der Waals surface area (Å²) in [5, 5.41) is 8.22. The molecule has 0 radical (unpaired) electrons. The van der Waals surface area contributed by atoms with E-state index >= 15 is 0 Å². The van der Waals surface area contributed by atoms with Crippen LogP contribution in [0.2, 0.25) is 0 Å². The van der Waals surface area contributed by atoms with Gasteiger partial charge in [-0.15, -0.1) is 11.3 Å². The summed E-state index contributed by atoms with van der Waals surface area (Å²) in [6, 6.07) is 2.84. The zero-order valence-electron chi connectivity index (χ0n) is 12.6. The molecule has 2 saturated carbocycles. The fourth-order valence-electron chi connectivity index (χ4n) is 3.08. The van der Waals surface area contributed by atoms with Crippen molar-refractivity contribution in [1.29, 1.82) is 0 Å². The molecule has 21 heavy (non-hydrogen) atoms. The van der Waals surface area contributed by atoms with Crippen molar-refractivity contribution < 1.29 is 0 Å². The van der Waals surface area contributed by atoms with E-state index in [4.69, 9.17) is 4.98 Å². The maximum Gasteiger partial charge on any atom is 0.226 e. The Labute approximate surface area is 129 Å². The quantitative estimate of drug-likeness (QED) is 0.846. The lowest BCUT2D eigenvalue weighted by molar-refractivity contribution is 0.566. The maximum atomic E-state index is 4.74. The largest absolute Gasteiger partial charge is 0.366 e. The normalized spacial score (nSPS) is 18.4. The van der Waals surface area contributed by atoms with Crippen LogP contribution in [0.25, 0.3) is 10.2 Å². The molecular weight excluding hydrogens is 280 g/mol. The second-order valence-electron chi connectivity index (χ2n) is 6.35. The van der Waals surface area contributed by atoms with Crippen LogP contribution < -0.4 is 10.6 Å². The molecule has 5 heteroatoms. The van der Waals surface area contributed by atoms with Gasteiger partial charge in [0.15, 0.2) is 0 Å². The summed E-state index contributed by atoms with van der Waals surface area (Å²) in [5.41, 5.74) is 0. The minimum Gasteiger partial charge on any atom is -0.366 e. The predicted molar refractivity (Wildman–Crippen MR) is 89.2 cm³/mol. The van der Waals surface area contributed by atoms with E-state index in [9.17, 15) is 0 Å². The first kappa shape index (κ1) is 13.3. The molecule has 2 aliphatic carbocycles. The minimum absolute atomic E-state index is 0.623. The Balaban J connectivity index is 1.70. The second kappa shape index (κ2) is 5.13. The van der Waals surface area contributed by atoms with Crippen LogP contribution in [0.4, 0.5) is 11.8 Å². The lowest BCUT2D eigenvalue weighted by Crippen LogP contribution is -2.25. The fourth-order valence-corrected chi connectivity index (χ4v) is 3.96. The summed E-state index contributed by atoms with van der Waals surface area (Å²) in [6.45, 7) is 5.07. The fraction of sp³-hybridized carbons (Fsp3) is 0.625. The number of fused-ring (bicyclic) bond motifs is 1. The van der Waals surface area contributed by atoms with Crippen molar-refractivity contribution in [3.8, 4) is 0 Å². The van der Waals surface area contributed by atoms with Gasteiger partial charge in [-0.3, -0.25) is 0 Å². The third-order valence-electron chi connectivity index (χ3n) is 4.41. The molecule has 0 unspecified atom stereocenters. The van der Waals surface area contributed by atoms with E-state index in [-0.39, 0.29) is 0 Å². The summed E-state index contributed by atoms with van der Waals surface area (Å²) >= 11 is 1.75. The highest BCUT2D eigenvalue weighted by Gasteiger charge is 2.41. The van der Waals surface area contributed by atoms with Gasteiger partial charge in [-0.1, -0.05) is 0 Å². The zero-order valence-corrected chi connectivity index (χ0v) is 13.5. The van der Waals surface area contributed by atoms with Crippen LogP contribution in [0.15, 0.2) is 6.07 Å². The Kier molecular flexibility index (Phi) is 3.25. The van der Waals surface area contributed by atoms with E-state index in [1.807, 2.05) is 0 Å². The van der Waals surface area contributed by atoms with Crippen LogP contribution in [0, 0.1) is 18.8 Å². The molecule has 0 saturated heterocycles. The Morgan fingerprint density at radius 3 is 2.57 bits per heavy atom. The Hall–Kier alpha value is -1.36. The van der Waals surface area contributed by atoms with Crippen molar-refractivity contribution in [2.45, 2.75) is 45.6 Å². The number of thiophene rings is 1. The Bertz CT molecular complexity index is 646. The number of nitrogens with one attached hydrogen (secondary N) is 2. The number of aryl methyl sites for hydroxylation is 1. The van der Waals surface area contributed by atoms with Gasteiger partial charge < -0.3 is 10.6 Å². The highest BCUT2D eigenvalue weighted by atomic mass is 32.1. The van der Waals surface area contributed by atoms with Gasteiger partial charge in [-0.25, -0.2) is 4.98 Å². The van der Waals surface area contributed by atoms with Crippen LogP contribution >= 0.6 is 11.3 Å². The summed E-state index contributed by atoms with van der Waals surface area (Å²) in [6.07, 6.45) is 5.52. The molecule has 2 heterocycles. The second-order valence-corrected chi connectivity index (χ2v) is 7.58. The first-order chi connectivity index (χ1) is 10.2. The van der Waals surface area contributed by atoms with E-state index in [2.05, 4.69) is 35.5 Å². The van der Waals surface area contributed by atoms with Gasteiger partial charge in [0.2, 0.25) is 5.95 Å². The van der Waals surface area contributed by atoms with E-state index in [0.29, 0.717) is 6.04 Å². The lowest BCUT2D eigenvalue weighted by Gasteiger charge is -2.19. The number of rotatable bonds is 6. The van der Waals surface area contributed by atoms with Gasteiger partial charge >= 0.3 is 0 Å². The molecule has 4 rings (SSSR count). The molecule has 0 aliphatic heterocycles. The molecule has 0 aromatic carbocycles. The van der Waals surface area contributed by atoms with Crippen molar-refractivity contribution in [2.75, 3.05) is 17.2 Å². The zero-order chi connectivity index (χ0) is 14.4. The average Bonchev–Trinajstić information content (AvgIpc) is 3.34. The van der Waals surface area contributed by atoms with Crippen molar-refractivity contribution in [2.24, 2.45) is 11.8 Å². The van der Waals surface area contributed by atoms with E-state index in [1.54, 1.807) is 11.3 Å². The summed E-state index contributed by atoms with van der Waals surface area (Å²) in [5.74, 6) is 3.51. The van der Waals surface area contributed by atoms with Crippen molar-refractivity contribution >= 4 is 33.3 Å². The molecule has 112 valence electrons. The molecule has 2 aromatic heterocycles. The Morgan fingerprint density at radius 1 is 1.24 bits per heavy atom. The van der Waals surface area contributed by atoms with Gasteiger partial charge in [0.05, 0.1) is 5.39 Å². The Morgan fingerprint density at radius 2 is 1.95 bits per heavy atom. The van der Waals surface area contributed by atoms with E-state index in [0.717, 1.165) is 35.0 Å². The first-order valence-corrected chi connectivity index (χ1v) is 8.85. The number of aromatic nitrogens is 2. The minimum atomic E-state index is 0.623. The monoisotopic (exact) mass is 302 g/mol. The molecule has 0 amide bonds. The molecule has 2 fully saturated rings. The summed E-state index contributed by atoms with van der Waals surface area (Å²) in [4.78, 5) is 11.8. The van der Waals surface area contributed by atoms with Gasteiger partial charge in [-0.2, -0.15) is 4.98 Å². The molecule has 0 atom stereocenters. The maximum absolute atomic E-state index is 4.74. The predicted octanol–water partition coefficient (Wildman–Crippen LogP) is 4.03.